The Hall–Kier alpha value is -3.45. The average molecular weight is 502 g/mol. The van der Waals surface area contributed by atoms with E-state index in [0.717, 1.165) is 12.8 Å². The number of carbonyl (C=O) groups is 1. The van der Waals surface area contributed by atoms with Gasteiger partial charge in [0.1, 0.15) is 22.5 Å². The van der Waals surface area contributed by atoms with Gasteiger partial charge in [-0.15, -0.1) is 9.63 Å². The number of hydrogen-bond donors (Lipinski definition) is 3. The minimum Gasteiger partial charge on any atom is -0.465 e. The van der Waals surface area contributed by atoms with Crippen LogP contribution in [-0.4, -0.2) is 58.6 Å². The van der Waals surface area contributed by atoms with Crippen molar-refractivity contribution in [1.29, 1.82) is 10.5 Å². The van der Waals surface area contributed by atoms with Gasteiger partial charge in [0.15, 0.2) is 5.82 Å². The summed E-state index contributed by atoms with van der Waals surface area (Å²) in [6, 6.07) is 4.28. The second kappa shape index (κ2) is 14.1. The maximum atomic E-state index is 12.3. The van der Waals surface area contributed by atoms with E-state index in [0.29, 0.717) is 70.8 Å². The molecule has 12 heteroatoms. The summed E-state index contributed by atoms with van der Waals surface area (Å²) in [5.41, 5.74) is 2.24. The monoisotopic (exact) mass is 501 g/mol. The number of nitrogens with one attached hydrogen (secondary N) is 2. The summed E-state index contributed by atoms with van der Waals surface area (Å²) in [6.07, 6.45) is 1.49. The van der Waals surface area contributed by atoms with Crippen molar-refractivity contribution in [1.82, 2.24) is 4.98 Å². The van der Waals surface area contributed by atoms with Crippen LogP contribution in [0.25, 0.3) is 0 Å². The van der Waals surface area contributed by atoms with E-state index in [1.807, 2.05) is 0 Å². The Morgan fingerprint density at radius 2 is 1.69 bits per heavy atom. The predicted octanol–water partition coefficient (Wildman–Crippen LogP) is 4.03. The van der Waals surface area contributed by atoms with Gasteiger partial charge in [-0.3, -0.25) is 0 Å². The highest BCUT2D eigenvalue weighted by atomic mass is 32.2. The molecule has 2 N–H and O–H groups in total. The maximum absolute atomic E-state index is 12.3. The van der Waals surface area contributed by atoms with Gasteiger partial charge < -0.3 is 24.8 Å². The molecule has 0 spiro atoms. The number of thiol groups is 1. The van der Waals surface area contributed by atoms with E-state index in [4.69, 9.17) is 14.2 Å². The molecule has 0 saturated heterocycles. The molecular weight excluding hydrogens is 470 g/mol. The third kappa shape index (κ3) is 7.02. The normalized spacial score (nSPS) is 16.1. The highest BCUT2D eigenvalue weighted by Crippen LogP contribution is 2.50. The van der Waals surface area contributed by atoms with Gasteiger partial charge in [-0.2, -0.15) is 10.5 Å². The molecule has 1 atom stereocenters. The average Bonchev–Trinajstić information content (AvgIpc) is 3.18. The van der Waals surface area contributed by atoms with Crippen molar-refractivity contribution in [3.05, 3.63) is 32.6 Å². The van der Waals surface area contributed by atoms with Crippen LogP contribution in [0.2, 0.25) is 0 Å². The Morgan fingerprint density at radius 1 is 1.06 bits per heavy atom. The van der Waals surface area contributed by atoms with Crippen molar-refractivity contribution >= 4 is 34.4 Å². The molecule has 1 aliphatic rings. The summed E-state index contributed by atoms with van der Waals surface area (Å²) in [7, 11) is 4.55. The Morgan fingerprint density at radius 3 is 2.23 bits per heavy atom. The number of esters is 1. The molecule has 11 nitrogen and oxygen atoms in total. The van der Waals surface area contributed by atoms with Crippen molar-refractivity contribution in [3.8, 4) is 12.1 Å². The minimum atomic E-state index is -1.55. The van der Waals surface area contributed by atoms with Gasteiger partial charge in [-0.1, -0.05) is 11.1 Å². The molecule has 0 fully saturated rings. The van der Waals surface area contributed by atoms with Gasteiger partial charge in [0.25, 0.3) is 0 Å². The molecule has 1 unspecified atom stereocenters. The molecular formula is C23H31N7O4S. The zero-order chi connectivity index (χ0) is 25.8. The smallest absolute Gasteiger partial charge is 0.344 e. The van der Waals surface area contributed by atoms with Gasteiger partial charge in [0.05, 0.1) is 24.3 Å². The molecule has 2 heterocycles. The Balaban J connectivity index is 2.47. The van der Waals surface area contributed by atoms with Crippen molar-refractivity contribution in [2.45, 2.75) is 26.7 Å². The van der Waals surface area contributed by atoms with Crippen molar-refractivity contribution in [2.75, 3.05) is 58.3 Å². The molecule has 0 bridgehead atoms. The van der Waals surface area contributed by atoms with Crippen LogP contribution >= 0.6 is 11.1 Å². The zero-order valence-corrected chi connectivity index (χ0v) is 21.5. The number of hydrogen-bond acceptors (Lipinski definition) is 11. The number of methoxy groups -OCH3 is 3. The summed E-state index contributed by atoms with van der Waals surface area (Å²) in [4.78, 5) is 17.3. The molecule has 0 aromatic carbocycles. The Bertz CT molecular complexity index is 1100. The number of aromatic nitrogens is 1. The first-order valence-corrected chi connectivity index (χ1v) is 12.3. The summed E-state index contributed by atoms with van der Waals surface area (Å²) < 4.78 is 19.5. The Kier molecular flexibility index (Phi) is 11.2. The quantitative estimate of drug-likeness (QED) is 0.157. The van der Waals surface area contributed by atoms with Crippen LogP contribution in [-0.2, 0) is 19.0 Å². The van der Waals surface area contributed by atoms with E-state index >= 15 is 0 Å². The third-order valence-electron chi connectivity index (χ3n) is 5.14. The van der Waals surface area contributed by atoms with Crippen LogP contribution in [0.1, 0.15) is 30.9 Å². The van der Waals surface area contributed by atoms with Crippen LogP contribution in [0.3, 0.4) is 0 Å². The summed E-state index contributed by atoms with van der Waals surface area (Å²) in [6.45, 7) is 5.76. The van der Waals surface area contributed by atoms with Crippen LogP contribution < -0.4 is 10.6 Å². The maximum Gasteiger partial charge on any atom is 0.344 e. The molecule has 1 aromatic rings. The fourth-order valence-electron chi connectivity index (χ4n) is 3.25. The minimum absolute atomic E-state index is 0.319. The van der Waals surface area contributed by atoms with Crippen LogP contribution in [0.5, 0.6) is 0 Å². The second-order valence-corrected chi connectivity index (χ2v) is 9.04. The van der Waals surface area contributed by atoms with Crippen molar-refractivity contribution < 1.29 is 19.0 Å². The Labute approximate surface area is 208 Å². The summed E-state index contributed by atoms with van der Waals surface area (Å²) >= 11 is -1.55. The largest absolute Gasteiger partial charge is 0.465 e. The number of carbonyl (C=O) groups excluding carboxylic acids is 1. The standard InChI is InChI=1S/C23H31N7O4S/c1-15-17(12-24)14-35(20(15)23(31)34-5)30-29-19-16(2)18(13-25)21(26-8-6-10-32-3)28-22(19)27-9-7-11-33-4/h14,35H,6-11H2,1-5H3,(H2,26,27,28). The fraction of sp³-hybridized carbons (Fsp3) is 0.478. The lowest BCUT2D eigenvalue weighted by Gasteiger charge is -2.16. The first-order chi connectivity index (χ1) is 16.9. The van der Waals surface area contributed by atoms with E-state index in [-0.39, 0.29) is 0 Å². The molecule has 0 radical (unpaired) electrons. The number of anilines is 2. The highest BCUT2D eigenvalue weighted by molar-refractivity contribution is 8.22. The van der Waals surface area contributed by atoms with Crippen LogP contribution in [0, 0.1) is 29.6 Å². The number of allylic oxidation sites excluding steroid dienone is 2. The third-order valence-corrected chi connectivity index (χ3v) is 6.90. The molecule has 0 aliphatic carbocycles. The number of nitriles is 2. The SMILES string of the molecule is COCCCNc1nc(NCCCOC)c(N=N[SH]2C=C(C#N)C(C)=C2C(=O)OC)c(C)c1C#N. The van der Waals surface area contributed by atoms with Gasteiger partial charge in [0, 0.05) is 46.1 Å². The molecule has 188 valence electrons. The van der Waals surface area contributed by atoms with Gasteiger partial charge in [0.2, 0.25) is 0 Å². The fourth-order valence-corrected chi connectivity index (χ4v) is 4.95. The molecule has 0 amide bonds. The van der Waals surface area contributed by atoms with Gasteiger partial charge >= 0.3 is 5.97 Å². The molecule has 1 aliphatic heterocycles. The molecule has 2 rings (SSSR count). The molecule has 35 heavy (non-hydrogen) atoms. The van der Waals surface area contributed by atoms with E-state index in [9.17, 15) is 15.3 Å². The molecule has 1 aromatic heterocycles. The van der Waals surface area contributed by atoms with Crippen molar-refractivity contribution in [3.63, 3.8) is 0 Å². The highest BCUT2D eigenvalue weighted by Gasteiger charge is 2.28. The van der Waals surface area contributed by atoms with Gasteiger partial charge in [-0.05, 0) is 37.7 Å². The lowest BCUT2D eigenvalue weighted by molar-refractivity contribution is -0.135. The first-order valence-electron chi connectivity index (χ1n) is 11.0. The number of pyridine rings is 1. The molecule has 0 saturated carbocycles. The number of nitrogens with zero attached hydrogens (tertiary/aromatic N) is 5. The van der Waals surface area contributed by atoms with Crippen LogP contribution in [0.4, 0.5) is 17.3 Å². The second-order valence-electron chi connectivity index (χ2n) is 7.47. The summed E-state index contributed by atoms with van der Waals surface area (Å²) in [5, 5.41) is 31.7. The first kappa shape index (κ1) is 27.8. The van der Waals surface area contributed by atoms with E-state index in [1.165, 1.54) is 7.11 Å². The lowest BCUT2D eigenvalue weighted by atomic mass is 10.1. The number of ether oxygens (including phenoxy) is 3. The van der Waals surface area contributed by atoms with Crippen molar-refractivity contribution in [2.24, 2.45) is 9.63 Å². The topological polar surface area (TPSA) is 154 Å². The van der Waals surface area contributed by atoms with Gasteiger partial charge in [-0.25, -0.2) is 9.78 Å². The predicted molar refractivity (Wildman–Crippen MR) is 136 cm³/mol. The van der Waals surface area contributed by atoms with E-state index < -0.39 is 17.1 Å². The number of rotatable bonds is 13. The van der Waals surface area contributed by atoms with E-state index in [2.05, 4.69) is 37.4 Å². The summed E-state index contributed by atoms with van der Waals surface area (Å²) in [5.74, 6) is 0.350. The van der Waals surface area contributed by atoms with Crippen LogP contribution in [0.15, 0.2) is 31.1 Å². The van der Waals surface area contributed by atoms with E-state index in [1.54, 1.807) is 33.5 Å². The lowest BCUT2D eigenvalue weighted by Crippen LogP contribution is -2.12. The zero-order valence-electron chi connectivity index (χ0n) is 20.6.